The first-order valence-corrected chi connectivity index (χ1v) is 7.19. The Morgan fingerprint density at radius 1 is 1.24 bits per heavy atom. The molecule has 0 aliphatic carbocycles. The van der Waals surface area contributed by atoms with Gasteiger partial charge in [0.05, 0.1) is 19.4 Å². The Balaban J connectivity index is 2.00. The lowest BCUT2D eigenvalue weighted by molar-refractivity contribution is 0.245. The Bertz CT molecular complexity index is 537. The van der Waals surface area contributed by atoms with Crippen molar-refractivity contribution in [3.05, 3.63) is 54.0 Å². The Morgan fingerprint density at radius 2 is 2.05 bits per heavy atom. The summed E-state index contributed by atoms with van der Waals surface area (Å²) in [6.07, 6.45) is 1.72. The van der Waals surface area contributed by atoms with Crippen LogP contribution in [-0.2, 0) is 0 Å². The first-order chi connectivity index (χ1) is 10.1. The third-order valence-corrected chi connectivity index (χ3v) is 3.71. The predicted molar refractivity (Wildman–Crippen MR) is 84.5 cm³/mol. The zero-order valence-electron chi connectivity index (χ0n) is 13.2. The minimum Gasteiger partial charge on any atom is -0.497 e. The van der Waals surface area contributed by atoms with Crippen LogP contribution in [0.3, 0.4) is 0 Å². The van der Waals surface area contributed by atoms with E-state index < -0.39 is 0 Å². The van der Waals surface area contributed by atoms with E-state index in [-0.39, 0.29) is 12.1 Å². The van der Waals surface area contributed by atoms with Crippen LogP contribution in [0.1, 0.15) is 30.3 Å². The molecule has 0 spiro atoms. The molecule has 0 amide bonds. The average molecular weight is 288 g/mol. The van der Waals surface area contributed by atoms with Gasteiger partial charge in [-0.2, -0.15) is 0 Å². The van der Waals surface area contributed by atoms with Gasteiger partial charge < -0.3 is 14.5 Å². The van der Waals surface area contributed by atoms with E-state index >= 15 is 0 Å². The van der Waals surface area contributed by atoms with Gasteiger partial charge in [0.15, 0.2) is 0 Å². The van der Waals surface area contributed by atoms with Gasteiger partial charge in [-0.1, -0.05) is 12.1 Å². The van der Waals surface area contributed by atoms with E-state index in [2.05, 4.69) is 43.4 Å². The van der Waals surface area contributed by atoms with Crippen molar-refractivity contribution in [2.24, 2.45) is 0 Å². The van der Waals surface area contributed by atoms with Crippen LogP contribution in [0.15, 0.2) is 47.1 Å². The molecule has 0 fully saturated rings. The first kappa shape index (κ1) is 15.6. The van der Waals surface area contributed by atoms with Crippen LogP contribution in [0.5, 0.6) is 5.75 Å². The monoisotopic (exact) mass is 288 g/mol. The van der Waals surface area contributed by atoms with E-state index in [0.717, 1.165) is 18.1 Å². The minimum atomic E-state index is 0.216. The molecule has 0 aliphatic heterocycles. The van der Waals surface area contributed by atoms with Gasteiger partial charge in [0.2, 0.25) is 0 Å². The topological polar surface area (TPSA) is 37.6 Å². The highest BCUT2D eigenvalue weighted by atomic mass is 16.5. The molecule has 0 aliphatic rings. The molecular weight excluding hydrogens is 264 g/mol. The lowest BCUT2D eigenvalue weighted by atomic mass is 10.1. The second-order valence-electron chi connectivity index (χ2n) is 5.40. The van der Waals surface area contributed by atoms with Gasteiger partial charge in [-0.05, 0) is 50.8 Å². The molecule has 0 saturated carbocycles. The molecule has 1 aromatic carbocycles. The summed E-state index contributed by atoms with van der Waals surface area (Å²) in [5, 5.41) is 3.56. The zero-order chi connectivity index (χ0) is 15.2. The van der Waals surface area contributed by atoms with Gasteiger partial charge in [0.1, 0.15) is 11.5 Å². The number of likely N-dealkylation sites (N-methyl/N-ethyl adjacent to an activating group) is 1. The fourth-order valence-electron chi connectivity index (χ4n) is 2.34. The minimum absolute atomic E-state index is 0.216. The van der Waals surface area contributed by atoms with E-state index in [9.17, 15) is 0 Å². The summed E-state index contributed by atoms with van der Waals surface area (Å²) in [7, 11) is 5.81. The molecule has 1 heterocycles. The summed E-state index contributed by atoms with van der Waals surface area (Å²) >= 11 is 0. The number of nitrogens with one attached hydrogen (secondary N) is 1. The average Bonchev–Trinajstić information content (AvgIpc) is 3.01. The highest BCUT2D eigenvalue weighted by Gasteiger charge is 2.18. The van der Waals surface area contributed by atoms with Gasteiger partial charge in [0, 0.05) is 12.6 Å². The second-order valence-corrected chi connectivity index (χ2v) is 5.40. The molecule has 0 bridgehead atoms. The molecule has 4 heteroatoms. The van der Waals surface area contributed by atoms with E-state index in [4.69, 9.17) is 9.15 Å². The molecule has 2 rings (SSSR count). The SMILES string of the molecule is COc1cccc(C(C)NCC(c2ccco2)N(C)C)c1. The van der Waals surface area contributed by atoms with Gasteiger partial charge >= 0.3 is 0 Å². The standard InChI is InChI=1S/C17H24N2O2/c1-13(14-7-5-8-15(11-14)20-4)18-12-16(19(2)3)17-9-6-10-21-17/h5-11,13,16,18H,12H2,1-4H3. The fraction of sp³-hybridized carbons (Fsp3) is 0.412. The summed E-state index contributed by atoms with van der Waals surface area (Å²) in [5.74, 6) is 1.86. The quantitative estimate of drug-likeness (QED) is 0.848. The maximum absolute atomic E-state index is 5.53. The molecule has 1 N–H and O–H groups in total. The fourth-order valence-corrected chi connectivity index (χ4v) is 2.34. The summed E-state index contributed by atoms with van der Waals surface area (Å²) < 4.78 is 10.8. The molecule has 2 unspecified atom stereocenters. The summed E-state index contributed by atoms with van der Waals surface area (Å²) in [4.78, 5) is 2.16. The molecular formula is C17H24N2O2. The van der Waals surface area contributed by atoms with Crippen molar-refractivity contribution in [1.82, 2.24) is 10.2 Å². The molecule has 21 heavy (non-hydrogen) atoms. The van der Waals surface area contributed by atoms with Crippen LogP contribution < -0.4 is 10.1 Å². The highest BCUT2D eigenvalue weighted by Crippen LogP contribution is 2.21. The molecule has 2 aromatic rings. The molecule has 1 aromatic heterocycles. The number of methoxy groups -OCH3 is 1. The van der Waals surface area contributed by atoms with Gasteiger partial charge in [-0.15, -0.1) is 0 Å². The molecule has 4 nitrogen and oxygen atoms in total. The van der Waals surface area contributed by atoms with Crippen LogP contribution in [0, 0.1) is 0 Å². The second kappa shape index (κ2) is 7.29. The van der Waals surface area contributed by atoms with E-state index in [1.54, 1.807) is 13.4 Å². The Kier molecular flexibility index (Phi) is 5.42. The van der Waals surface area contributed by atoms with Crippen LogP contribution in [0.2, 0.25) is 0 Å². The van der Waals surface area contributed by atoms with E-state index in [0.29, 0.717) is 0 Å². The summed E-state index contributed by atoms with van der Waals surface area (Å²) in [5.41, 5.74) is 1.21. The zero-order valence-corrected chi connectivity index (χ0v) is 13.2. The number of hydrogen-bond acceptors (Lipinski definition) is 4. The van der Waals surface area contributed by atoms with Crippen LogP contribution in [0.25, 0.3) is 0 Å². The van der Waals surface area contributed by atoms with Crippen LogP contribution in [0.4, 0.5) is 0 Å². The molecule has 114 valence electrons. The van der Waals surface area contributed by atoms with E-state index in [1.807, 2.05) is 24.3 Å². The van der Waals surface area contributed by atoms with Crippen molar-refractivity contribution in [3.63, 3.8) is 0 Å². The van der Waals surface area contributed by atoms with Crippen molar-refractivity contribution >= 4 is 0 Å². The van der Waals surface area contributed by atoms with Crippen molar-refractivity contribution < 1.29 is 9.15 Å². The normalized spacial score (nSPS) is 14.1. The number of furan rings is 1. The van der Waals surface area contributed by atoms with E-state index in [1.165, 1.54) is 5.56 Å². The van der Waals surface area contributed by atoms with Crippen LogP contribution in [-0.4, -0.2) is 32.6 Å². The first-order valence-electron chi connectivity index (χ1n) is 7.19. The third-order valence-electron chi connectivity index (χ3n) is 3.71. The Morgan fingerprint density at radius 3 is 2.67 bits per heavy atom. The number of hydrogen-bond donors (Lipinski definition) is 1. The van der Waals surface area contributed by atoms with Crippen molar-refractivity contribution in [3.8, 4) is 5.75 Å². The van der Waals surface area contributed by atoms with Crippen molar-refractivity contribution in [2.75, 3.05) is 27.7 Å². The maximum Gasteiger partial charge on any atom is 0.122 e. The predicted octanol–water partition coefficient (Wildman–Crippen LogP) is 3.24. The third kappa shape index (κ3) is 4.09. The summed E-state index contributed by atoms with van der Waals surface area (Å²) in [6.45, 7) is 2.97. The van der Waals surface area contributed by atoms with Gasteiger partial charge in [0.25, 0.3) is 0 Å². The number of ether oxygens (including phenoxy) is 1. The summed E-state index contributed by atoms with van der Waals surface area (Å²) in [6, 6.07) is 12.6. The number of nitrogens with zero attached hydrogens (tertiary/aromatic N) is 1. The Labute approximate surface area is 126 Å². The van der Waals surface area contributed by atoms with Crippen molar-refractivity contribution in [1.29, 1.82) is 0 Å². The lowest BCUT2D eigenvalue weighted by Crippen LogP contribution is -2.32. The largest absolute Gasteiger partial charge is 0.497 e. The smallest absolute Gasteiger partial charge is 0.122 e. The lowest BCUT2D eigenvalue weighted by Gasteiger charge is -2.25. The number of benzene rings is 1. The molecule has 0 radical (unpaired) electrons. The molecule has 0 saturated heterocycles. The maximum atomic E-state index is 5.53. The molecule has 2 atom stereocenters. The van der Waals surface area contributed by atoms with Crippen LogP contribution >= 0.6 is 0 Å². The van der Waals surface area contributed by atoms with Gasteiger partial charge in [-0.25, -0.2) is 0 Å². The van der Waals surface area contributed by atoms with Crippen molar-refractivity contribution in [2.45, 2.75) is 19.0 Å². The Hall–Kier alpha value is -1.78. The number of rotatable bonds is 7. The van der Waals surface area contributed by atoms with Gasteiger partial charge in [-0.3, -0.25) is 4.90 Å². The highest BCUT2D eigenvalue weighted by molar-refractivity contribution is 5.30.